The molecule has 44 heavy (non-hydrogen) atoms. The van der Waals surface area contributed by atoms with Crippen LogP contribution in [0.5, 0.6) is 5.75 Å². The number of nitrogens with one attached hydrogen (secondary N) is 2. The minimum Gasteiger partial charge on any atom is -0.497 e. The summed E-state index contributed by atoms with van der Waals surface area (Å²) in [7, 11) is -7.18. The van der Waals surface area contributed by atoms with Crippen LogP contribution in [0, 0.1) is 0 Å². The standard InChI is InChI=1S/C27H25F3N4O8S2/c1-41-18-5-4-6-19(14-18)44(39,40)34(42-26(36)27(28,29)30)22(25-31-20-7-2-3-8-21(20)32-25)13-16-9-11-17(12-10-16)23-15-24(35)33-43(23,37)38/h2-12,14,22-23,37-38H,13,15H2,1H3,(H,31,32)(H,33,35)/t22-,23?/m0/s1. The Kier molecular flexibility index (Phi) is 8.34. The summed E-state index contributed by atoms with van der Waals surface area (Å²) >= 11 is 0. The van der Waals surface area contributed by atoms with E-state index in [1.54, 1.807) is 24.3 Å². The fourth-order valence-corrected chi connectivity index (χ4v) is 7.52. The summed E-state index contributed by atoms with van der Waals surface area (Å²) in [6.45, 7) is 0. The number of ether oxygens (including phenoxy) is 1. The Morgan fingerprint density at radius 1 is 1.11 bits per heavy atom. The van der Waals surface area contributed by atoms with Gasteiger partial charge in [0.25, 0.3) is 10.0 Å². The van der Waals surface area contributed by atoms with Crippen molar-refractivity contribution in [1.82, 2.24) is 19.2 Å². The molecule has 0 radical (unpaired) electrons. The Hall–Kier alpha value is -4.16. The smallest absolute Gasteiger partial charge is 0.492 e. The third-order valence-corrected chi connectivity index (χ3v) is 10.2. The Morgan fingerprint density at radius 3 is 2.43 bits per heavy atom. The average molecular weight is 655 g/mol. The summed E-state index contributed by atoms with van der Waals surface area (Å²) in [5.41, 5.74) is 1.54. The normalized spacial score (nSPS) is 18.2. The second-order valence-electron chi connectivity index (χ2n) is 9.73. The van der Waals surface area contributed by atoms with E-state index in [-0.39, 0.29) is 28.9 Å². The van der Waals surface area contributed by atoms with E-state index in [1.165, 1.54) is 43.5 Å². The summed E-state index contributed by atoms with van der Waals surface area (Å²) in [5, 5.41) is -0.937. The van der Waals surface area contributed by atoms with Crippen molar-refractivity contribution in [3.05, 3.63) is 89.7 Å². The van der Waals surface area contributed by atoms with Gasteiger partial charge < -0.3 is 14.6 Å². The van der Waals surface area contributed by atoms with E-state index < -0.39 is 55.0 Å². The molecule has 1 saturated heterocycles. The van der Waals surface area contributed by atoms with Gasteiger partial charge in [-0.1, -0.05) is 42.5 Å². The van der Waals surface area contributed by atoms with Crippen LogP contribution < -0.4 is 9.46 Å². The van der Waals surface area contributed by atoms with E-state index in [9.17, 15) is 40.3 Å². The maximum absolute atomic E-state index is 13.9. The lowest BCUT2D eigenvalue weighted by molar-refractivity contribution is -0.227. The van der Waals surface area contributed by atoms with Gasteiger partial charge in [0, 0.05) is 6.07 Å². The van der Waals surface area contributed by atoms with E-state index in [1.807, 2.05) is 0 Å². The molecular weight excluding hydrogens is 629 g/mol. The monoisotopic (exact) mass is 654 g/mol. The van der Waals surface area contributed by atoms with Crippen molar-refractivity contribution in [2.45, 2.75) is 35.2 Å². The highest BCUT2D eigenvalue weighted by atomic mass is 32.3. The van der Waals surface area contributed by atoms with E-state index in [0.29, 0.717) is 22.2 Å². The molecule has 234 valence electrons. The van der Waals surface area contributed by atoms with Crippen LogP contribution in [0.15, 0.2) is 77.7 Å². The highest BCUT2D eigenvalue weighted by molar-refractivity contribution is 8.23. The fraction of sp³-hybridized carbons (Fsp3) is 0.222. The van der Waals surface area contributed by atoms with E-state index in [2.05, 4.69) is 19.5 Å². The van der Waals surface area contributed by atoms with Gasteiger partial charge in [-0.05, 0) is 46.3 Å². The molecule has 1 unspecified atom stereocenters. The van der Waals surface area contributed by atoms with Crippen LogP contribution in [0.3, 0.4) is 0 Å². The predicted molar refractivity (Wildman–Crippen MR) is 151 cm³/mol. The zero-order valence-corrected chi connectivity index (χ0v) is 24.3. The quantitative estimate of drug-likeness (QED) is 0.185. The van der Waals surface area contributed by atoms with Gasteiger partial charge in [-0.15, -0.1) is 10.8 Å². The summed E-state index contributed by atoms with van der Waals surface area (Å²) in [6.07, 6.45) is -6.08. The second kappa shape index (κ2) is 11.7. The third-order valence-electron chi connectivity index (χ3n) is 6.77. The van der Waals surface area contributed by atoms with E-state index in [0.717, 1.165) is 12.1 Å². The van der Waals surface area contributed by atoms with Crippen molar-refractivity contribution in [1.29, 1.82) is 0 Å². The number of nitrogens with zero attached hydrogens (tertiary/aromatic N) is 2. The van der Waals surface area contributed by atoms with Crippen molar-refractivity contribution in [3.63, 3.8) is 0 Å². The molecule has 2 atom stereocenters. The number of methoxy groups -OCH3 is 1. The lowest BCUT2D eigenvalue weighted by Crippen LogP contribution is -2.42. The SMILES string of the molecule is COc1cccc(S(=O)(=O)N(OC(=O)C(F)(F)F)[C@@H](Cc2ccc(C3CC(=O)NS3(O)O)cc2)c2nc3ccccc3[nH]2)c1. The number of halogens is 3. The van der Waals surface area contributed by atoms with Crippen molar-refractivity contribution in [3.8, 4) is 5.75 Å². The number of imidazole rings is 1. The van der Waals surface area contributed by atoms with Gasteiger partial charge in [-0.25, -0.2) is 18.2 Å². The minimum absolute atomic E-state index is 0.0284. The zero-order chi connectivity index (χ0) is 31.9. The van der Waals surface area contributed by atoms with Crippen LogP contribution in [0.25, 0.3) is 11.0 Å². The van der Waals surface area contributed by atoms with Crippen molar-refractivity contribution >= 4 is 43.7 Å². The number of sulfonamides is 1. The van der Waals surface area contributed by atoms with Crippen LogP contribution in [-0.2, 0) is 30.9 Å². The van der Waals surface area contributed by atoms with Crippen LogP contribution in [0.4, 0.5) is 13.2 Å². The first-order valence-electron chi connectivity index (χ1n) is 12.8. The van der Waals surface area contributed by atoms with Gasteiger partial charge in [0.1, 0.15) is 22.9 Å². The van der Waals surface area contributed by atoms with Crippen LogP contribution >= 0.6 is 10.8 Å². The number of fused-ring (bicyclic) bond motifs is 1. The second-order valence-corrected chi connectivity index (χ2v) is 13.5. The number of alkyl halides is 3. The van der Waals surface area contributed by atoms with Gasteiger partial charge >= 0.3 is 12.1 Å². The third kappa shape index (κ3) is 6.36. The number of H-pyrrole nitrogens is 1. The van der Waals surface area contributed by atoms with Gasteiger partial charge in [0.05, 0.1) is 29.5 Å². The Bertz CT molecular complexity index is 1780. The van der Waals surface area contributed by atoms with Gasteiger partial charge in [-0.3, -0.25) is 18.6 Å². The number of hydroxylamine groups is 1. The Labute approximate surface area is 250 Å². The number of aromatic amines is 1. The zero-order valence-electron chi connectivity index (χ0n) is 22.7. The highest BCUT2D eigenvalue weighted by Crippen LogP contribution is 2.56. The largest absolute Gasteiger partial charge is 0.497 e. The van der Waals surface area contributed by atoms with Crippen molar-refractivity contribution in [2.24, 2.45) is 0 Å². The summed E-state index contributed by atoms with van der Waals surface area (Å²) in [4.78, 5) is 35.3. The first kappa shape index (κ1) is 31.3. The van der Waals surface area contributed by atoms with Gasteiger partial charge in [0.15, 0.2) is 0 Å². The van der Waals surface area contributed by atoms with Gasteiger partial charge in [-0.2, -0.15) is 13.2 Å². The summed E-state index contributed by atoms with van der Waals surface area (Å²) in [5.74, 6) is -3.37. The van der Waals surface area contributed by atoms with Gasteiger partial charge in [0.2, 0.25) is 5.91 Å². The molecule has 3 aromatic carbocycles. The number of carbonyl (C=O) groups is 2. The number of carbonyl (C=O) groups excluding carboxylic acids is 2. The number of aromatic nitrogens is 2. The van der Waals surface area contributed by atoms with Crippen molar-refractivity contribution in [2.75, 3.05) is 7.11 Å². The van der Waals surface area contributed by atoms with Crippen LogP contribution in [-0.4, -0.2) is 57.1 Å². The molecule has 4 N–H and O–H groups in total. The molecule has 1 aliphatic heterocycles. The molecule has 4 aromatic rings. The molecule has 1 aromatic heterocycles. The lowest BCUT2D eigenvalue weighted by atomic mass is 10.0. The maximum Gasteiger partial charge on any atom is 0.492 e. The minimum atomic E-state index is -5.54. The lowest BCUT2D eigenvalue weighted by Gasteiger charge is -2.33. The van der Waals surface area contributed by atoms with E-state index >= 15 is 0 Å². The highest BCUT2D eigenvalue weighted by Gasteiger charge is 2.47. The molecule has 0 saturated carbocycles. The first-order chi connectivity index (χ1) is 20.7. The molecule has 1 fully saturated rings. The first-order valence-corrected chi connectivity index (χ1v) is 15.8. The molecule has 1 amide bonds. The van der Waals surface area contributed by atoms with Crippen LogP contribution in [0.1, 0.15) is 34.7 Å². The van der Waals surface area contributed by atoms with E-state index in [4.69, 9.17) is 4.74 Å². The predicted octanol–water partition coefficient (Wildman–Crippen LogP) is 4.79. The number of para-hydroxylation sites is 2. The molecule has 0 bridgehead atoms. The number of amides is 1. The number of benzene rings is 3. The van der Waals surface area contributed by atoms with Crippen LogP contribution in [0.2, 0.25) is 0 Å². The Morgan fingerprint density at radius 2 is 1.82 bits per heavy atom. The van der Waals surface area contributed by atoms with Crippen molar-refractivity contribution < 1.29 is 49.9 Å². The maximum atomic E-state index is 13.9. The summed E-state index contributed by atoms with van der Waals surface area (Å²) in [6, 6.07) is 15.7. The average Bonchev–Trinajstić information content (AvgIpc) is 3.53. The molecule has 17 heteroatoms. The molecule has 12 nitrogen and oxygen atoms in total. The molecule has 1 aliphatic rings. The molecular formula is C27H25F3N4O8S2. The fourth-order valence-electron chi connectivity index (χ4n) is 4.64. The molecule has 0 spiro atoms. The number of hydrogen-bond acceptors (Lipinski definition) is 9. The molecule has 0 aliphatic carbocycles. The summed E-state index contributed by atoms with van der Waals surface area (Å²) < 4.78 is 95.8. The topological polar surface area (TPSA) is 171 Å². The molecule has 5 rings (SSSR count). The Balaban J connectivity index is 1.61. The molecule has 2 heterocycles. The number of rotatable bonds is 9. The number of hydrogen-bond donors (Lipinski definition) is 4.